The Morgan fingerprint density at radius 1 is 1.35 bits per heavy atom. The van der Waals surface area contributed by atoms with Gasteiger partial charge in [0.1, 0.15) is 0 Å². The molecule has 0 spiro atoms. The van der Waals surface area contributed by atoms with Crippen molar-refractivity contribution < 1.29 is 4.79 Å². The molecule has 0 aliphatic rings. The molecule has 3 N–H and O–H groups in total. The minimum Gasteiger partial charge on any atom is -0.299 e. The molecule has 0 radical (unpaired) electrons. The van der Waals surface area contributed by atoms with E-state index in [2.05, 4.69) is 42.7 Å². The van der Waals surface area contributed by atoms with Gasteiger partial charge in [0.2, 0.25) is 5.91 Å². The van der Waals surface area contributed by atoms with Gasteiger partial charge < -0.3 is 0 Å². The first-order valence-electron chi connectivity index (χ1n) is 6.83. The van der Waals surface area contributed by atoms with Gasteiger partial charge in [-0.25, -0.2) is 5.84 Å². The van der Waals surface area contributed by atoms with Crippen LogP contribution in [0.3, 0.4) is 0 Å². The lowest BCUT2D eigenvalue weighted by Crippen LogP contribution is -2.31. The van der Waals surface area contributed by atoms with Gasteiger partial charge >= 0.3 is 0 Å². The maximum absolute atomic E-state index is 11.2. The van der Waals surface area contributed by atoms with Crippen LogP contribution in [0.5, 0.6) is 0 Å². The molecule has 0 aromatic heterocycles. The SMILES string of the molecule is CSCCC(C)N(C)Cc1ccc(CC(=O)NN)cc1. The molecule has 20 heavy (non-hydrogen) atoms. The number of nitrogens with one attached hydrogen (secondary N) is 1. The second-order valence-corrected chi connectivity index (χ2v) is 6.09. The number of hydrogen-bond acceptors (Lipinski definition) is 4. The van der Waals surface area contributed by atoms with Gasteiger partial charge in [-0.05, 0) is 43.5 Å². The van der Waals surface area contributed by atoms with Crippen molar-refractivity contribution >= 4 is 17.7 Å². The van der Waals surface area contributed by atoms with E-state index in [1.54, 1.807) is 0 Å². The standard InChI is InChI=1S/C15H25N3OS/c1-12(8-9-20-3)18(2)11-14-6-4-13(5-7-14)10-15(19)17-16/h4-7,12H,8-11,16H2,1-3H3,(H,17,19). The number of benzene rings is 1. The Kier molecular flexibility index (Phi) is 7.65. The zero-order chi connectivity index (χ0) is 15.0. The molecule has 0 heterocycles. The topological polar surface area (TPSA) is 58.4 Å². The Labute approximate surface area is 126 Å². The van der Waals surface area contributed by atoms with Crippen LogP contribution in [-0.4, -0.2) is 35.9 Å². The number of hydrogen-bond donors (Lipinski definition) is 2. The fraction of sp³-hybridized carbons (Fsp3) is 0.533. The van der Waals surface area contributed by atoms with Crippen LogP contribution in [0, 0.1) is 0 Å². The van der Waals surface area contributed by atoms with E-state index >= 15 is 0 Å². The molecular formula is C15H25N3OS. The van der Waals surface area contributed by atoms with E-state index in [9.17, 15) is 4.79 Å². The van der Waals surface area contributed by atoms with E-state index in [-0.39, 0.29) is 5.91 Å². The number of carbonyl (C=O) groups excluding carboxylic acids is 1. The molecular weight excluding hydrogens is 270 g/mol. The summed E-state index contributed by atoms with van der Waals surface area (Å²) in [5.41, 5.74) is 4.39. The van der Waals surface area contributed by atoms with Crippen LogP contribution in [0.25, 0.3) is 0 Å². The number of hydrazine groups is 1. The van der Waals surface area contributed by atoms with Crippen molar-refractivity contribution in [1.29, 1.82) is 0 Å². The average Bonchev–Trinajstić information content (AvgIpc) is 2.46. The van der Waals surface area contributed by atoms with Crippen LogP contribution in [0.15, 0.2) is 24.3 Å². The minimum atomic E-state index is -0.166. The number of thioether (sulfide) groups is 1. The maximum atomic E-state index is 11.2. The van der Waals surface area contributed by atoms with Crippen LogP contribution in [0.4, 0.5) is 0 Å². The van der Waals surface area contributed by atoms with E-state index < -0.39 is 0 Å². The van der Waals surface area contributed by atoms with Crippen LogP contribution >= 0.6 is 11.8 Å². The highest BCUT2D eigenvalue weighted by Crippen LogP contribution is 2.12. The van der Waals surface area contributed by atoms with Gasteiger partial charge in [0.15, 0.2) is 0 Å². The van der Waals surface area contributed by atoms with Crippen LogP contribution in [0.1, 0.15) is 24.5 Å². The molecule has 0 bridgehead atoms. The van der Waals surface area contributed by atoms with Crippen molar-refractivity contribution in [2.24, 2.45) is 5.84 Å². The van der Waals surface area contributed by atoms with Crippen molar-refractivity contribution in [1.82, 2.24) is 10.3 Å². The molecule has 1 aromatic rings. The molecule has 0 saturated carbocycles. The average molecular weight is 295 g/mol. The fourth-order valence-electron chi connectivity index (χ4n) is 1.95. The molecule has 0 fully saturated rings. The number of nitrogens with zero attached hydrogens (tertiary/aromatic N) is 1. The molecule has 5 heteroatoms. The Hall–Kier alpha value is -1.04. The fourth-order valence-corrected chi connectivity index (χ4v) is 2.53. The molecule has 1 unspecified atom stereocenters. The molecule has 0 saturated heterocycles. The lowest BCUT2D eigenvalue weighted by atomic mass is 10.1. The van der Waals surface area contributed by atoms with Crippen LogP contribution < -0.4 is 11.3 Å². The third kappa shape index (κ3) is 5.94. The normalized spacial score (nSPS) is 12.4. The first-order valence-corrected chi connectivity index (χ1v) is 8.22. The maximum Gasteiger partial charge on any atom is 0.238 e. The molecule has 0 aliphatic heterocycles. The lowest BCUT2D eigenvalue weighted by molar-refractivity contribution is -0.120. The van der Waals surface area contributed by atoms with E-state index in [1.165, 1.54) is 17.7 Å². The summed E-state index contributed by atoms with van der Waals surface area (Å²) in [4.78, 5) is 13.5. The number of amides is 1. The van der Waals surface area contributed by atoms with Crippen molar-refractivity contribution in [3.8, 4) is 0 Å². The van der Waals surface area contributed by atoms with E-state index in [4.69, 9.17) is 5.84 Å². The van der Waals surface area contributed by atoms with Gasteiger partial charge in [0, 0.05) is 12.6 Å². The number of carbonyl (C=O) groups is 1. The summed E-state index contributed by atoms with van der Waals surface area (Å²) in [5, 5.41) is 0. The first kappa shape index (κ1) is 17.0. The van der Waals surface area contributed by atoms with Crippen molar-refractivity contribution in [3.63, 3.8) is 0 Å². The van der Waals surface area contributed by atoms with E-state index in [0.717, 1.165) is 12.1 Å². The van der Waals surface area contributed by atoms with Gasteiger partial charge in [-0.2, -0.15) is 11.8 Å². The second kappa shape index (κ2) is 9.00. The quantitative estimate of drug-likeness (QED) is 0.436. The summed E-state index contributed by atoms with van der Waals surface area (Å²) in [6.45, 7) is 3.19. The van der Waals surface area contributed by atoms with Crippen molar-refractivity contribution in [3.05, 3.63) is 35.4 Å². The monoisotopic (exact) mass is 295 g/mol. The van der Waals surface area contributed by atoms with Gasteiger partial charge in [-0.15, -0.1) is 0 Å². The predicted molar refractivity (Wildman–Crippen MR) is 86.4 cm³/mol. The minimum absolute atomic E-state index is 0.166. The molecule has 1 rings (SSSR count). The summed E-state index contributed by atoms with van der Waals surface area (Å²) >= 11 is 1.89. The Morgan fingerprint density at radius 2 is 1.95 bits per heavy atom. The number of rotatable bonds is 8. The first-order chi connectivity index (χ1) is 9.56. The van der Waals surface area contributed by atoms with Crippen molar-refractivity contribution in [2.75, 3.05) is 19.1 Å². The van der Waals surface area contributed by atoms with Gasteiger partial charge in [-0.3, -0.25) is 15.1 Å². The predicted octanol–water partition coefficient (Wildman–Crippen LogP) is 1.79. The third-order valence-electron chi connectivity index (χ3n) is 3.47. The third-order valence-corrected chi connectivity index (χ3v) is 4.12. The molecule has 112 valence electrons. The summed E-state index contributed by atoms with van der Waals surface area (Å²) < 4.78 is 0. The second-order valence-electron chi connectivity index (χ2n) is 5.11. The molecule has 4 nitrogen and oxygen atoms in total. The Morgan fingerprint density at radius 3 is 2.50 bits per heavy atom. The van der Waals surface area contributed by atoms with E-state index in [1.807, 2.05) is 23.9 Å². The smallest absolute Gasteiger partial charge is 0.238 e. The molecule has 1 atom stereocenters. The number of nitrogens with two attached hydrogens (primary N) is 1. The Bertz CT molecular complexity index is 408. The molecule has 1 amide bonds. The van der Waals surface area contributed by atoms with E-state index in [0.29, 0.717) is 12.5 Å². The van der Waals surface area contributed by atoms with Gasteiger partial charge in [0.25, 0.3) is 0 Å². The zero-order valence-corrected chi connectivity index (χ0v) is 13.4. The molecule has 1 aromatic carbocycles. The Balaban J connectivity index is 2.50. The highest BCUT2D eigenvalue weighted by molar-refractivity contribution is 7.98. The zero-order valence-electron chi connectivity index (χ0n) is 12.6. The highest BCUT2D eigenvalue weighted by Gasteiger charge is 2.09. The van der Waals surface area contributed by atoms with Crippen molar-refractivity contribution in [2.45, 2.75) is 32.4 Å². The molecule has 0 aliphatic carbocycles. The lowest BCUT2D eigenvalue weighted by Gasteiger charge is -2.24. The summed E-state index contributed by atoms with van der Waals surface area (Å²) in [5.74, 6) is 6.11. The summed E-state index contributed by atoms with van der Waals surface area (Å²) in [6, 6.07) is 8.72. The summed E-state index contributed by atoms with van der Waals surface area (Å²) in [7, 11) is 2.15. The summed E-state index contributed by atoms with van der Waals surface area (Å²) in [6.07, 6.45) is 3.67. The largest absolute Gasteiger partial charge is 0.299 e. The van der Waals surface area contributed by atoms with Gasteiger partial charge in [0.05, 0.1) is 6.42 Å². The van der Waals surface area contributed by atoms with Crippen LogP contribution in [0.2, 0.25) is 0 Å². The highest BCUT2D eigenvalue weighted by atomic mass is 32.2. The van der Waals surface area contributed by atoms with Crippen LogP contribution in [-0.2, 0) is 17.8 Å². The van der Waals surface area contributed by atoms with Gasteiger partial charge in [-0.1, -0.05) is 24.3 Å².